The Morgan fingerprint density at radius 3 is 2.52 bits per heavy atom. The summed E-state index contributed by atoms with van der Waals surface area (Å²) in [6, 6.07) is 10.4. The summed E-state index contributed by atoms with van der Waals surface area (Å²) in [6.45, 7) is 2.04. The van der Waals surface area contributed by atoms with Gasteiger partial charge in [0.05, 0.1) is 0 Å². The van der Waals surface area contributed by atoms with Gasteiger partial charge in [0, 0.05) is 6.04 Å². The molecule has 0 radical (unpaired) electrons. The zero-order chi connectivity index (χ0) is 15.9. The molecular formula is C19H28N2O2. The highest BCUT2D eigenvalue weighted by atomic mass is 16.5. The second kappa shape index (κ2) is 8.46. The van der Waals surface area contributed by atoms with Crippen molar-refractivity contribution < 1.29 is 9.53 Å². The molecule has 1 aromatic carbocycles. The monoisotopic (exact) mass is 316 g/mol. The number of nitrogens with one attached hydrogen (secondary N) is 2. The molecule has 2 fully saturated rings. The van der Waals surface area contributed by atoms with Crippen molar-refractivity contribution >= 4 is 5.97 Å². The van der Waals surface area contributed by atoms with E-state index in [1.165, 1.54) is 18.4 Å². The Balaban J connectivity index is 1.62. The van der Waals surface area contributed by atoms with Gasteiger partial charge in [-0.25, -0.2) is 0 Å². The Morgan fingerprint density at radius 1 is 1.13 bits per heavy atom. The first-order chi connectivity index (χ1) is 11.3. The predicted octanol–water partition coefficient (Wildman–Crippen LogP) is 2.43. The average Bonchev–Trinajstić information content (AvgIpc) is 3.09. The molecule has 3 rings (SSSR count). The van der Waals surface area contributed by atoms with Crippen LogP contribution in [0.25, 0.3) is 0 Å². The highest BCUT2D eigenvalue weighted by Gasteiger charge is 2.28. The maximum atomic E-state index is 12.7. The van der Waals surface area contributed by atoms with E-state index in [1.54, 1.807) is 0 Å². The Bertz CT molecular complexity index is 479. The van der Waals surface area contributed by atoms with Gasteiger partial charge in [0.2, 0.25) is 0 Å². The van der Waals surface area contributed by atoms with Crippen LogP contribution in [0.3, 0.4) is 0 Å². The minimum absolute atomic E-state index is 0.0701. The molecule has 23 heavy (non-hydrogen) atoms. The van der Waals surface area contributed by atoms with Gasteiger partial charge in [-0.3, -0.25) is 4.79 Å². The van der Waals surface area contributed by atoms with Gasteiger partial charge in [0.25, 0.3) is 0 Å². The van der Waals surface area contributed by atoms with E-state index in [9.17, 15) is 4.79 Å². The van der Waals surface area contributed by atoms with E-state index in [1.807, 2.05) is 18.2 Å². The lowest BCUT2D eigenvalue weighted by Gasteiger charge is -2.28. The largest absolute Gasteiger partial charge is 0.461 e. The first kappa shape index (κ1) is 16.5. The van der Waals surface area contributed by atoms with E-state index in [-0.39, 0.29) is 18.1 Å². The molecule has 126 valence electrons. The molecule has 0 aromatic heterocycles. The molecule has 1 atom stereocenters. The smallest absolute Gasteiger partial charge is 0.323 e. The fraction of sp³-hybridized carbons (Fsp3) is 0.632. The molecule has 4 nitrogen and oxygen atoms in total. The van der Waals surface area contributed by atoms with Gasteiger partial charge in [-0.15, -0.1) is 0 Å². The molecule has 1 aromatic rings. The van der Waals surface area contributed by atoms with Crippen LogP contribution in [0.2, 0.25) is 0 Å². The molecule has 1 saturated carbocycles. The third-order valence-electron chi connectivity index (χ3n) is 4.93. The van der Waals surface area contributed by atoms with Crippen molar-refractivity contribution in [3.63, 3.8) is 0 Å². The van der Waals surface area contributed by atoms with Gasteiger partial charge >= 0.3 is 5.97 Å². The minimum atomic E-state index is -0.235. The number of hydrogen-bond acceptors (Lipinski definition) is 4. The van der Waals surface area contributed by atoms with E-state index < -0.39 is 0 Å². The maximum Gasteiger partial charge on any atom is 0.323 e. The van der Waals surface area contributed by atoms with Gasteiger partial charge in [-0.1, -0.05) is 30.3 Å². The molecule has 1 unspecified atom stereocenters. The summed E-state index contributed by atoms with van der Waals surface area (Å²) in [5.41, 5.74) is 1.18. The summed E-state index contributed by atoms with van der Waals surface area (Å²) in [5.74, 6) is -0.0701. The van der Waals surface area contributed by atoms with Crippen molar-refractivity contribution in [3.8, 4) is 0 Å². The molecule has 4 heteroatoms. The van der Waals surface area contributed by atoms with Crippen LogP contribution in [-0.2, 0) is 16.0 Å². The number of piperidine rings is 1. The topological polar surface area (TPSA) is 50.4 Å². The van der Waals surface area contributed by atoms with E-state index >= 15 is 0 Å². The molecule has 0 spiro atoms. The number of benzene rings is 1. The van der Waals surface area contributed by atoms with Crippen molar-refractivity contribution in [3.05, 3.63) is 35.9 Å². The number of carbonyl (C=O) groups excluding carboxylic acids is 1. The third kappa shape index (κ3) is 5.05. The van der Waals surface area contributed by atoms with Crippen molar-refractivity contribution in [2.24, 2.45) is 0 Å². The van der Waals surface area contributed by atoms with Gasteiger partial charge in [-0.2, -0.15) is 0 Å². The molecular weight excluding hydrogens is 288 g/mol. The van der Waals surface area contributed by atoms with Crippen LogP contribution in [0, 0.1) is 0 Å². The Morgan fingerprint density at radius 2 is 1.83 bits per heavy atom. The normalized spacial score (nSPS) is 21.2. The average molecular weight is 316 g/mol. The molecule has 1 saturated heterocycles. The first-order valence-electron chi connectivity index (χ1n) is 9.02. The van der Waals surface area contributed by atoms with Crippen LogP contribution in [-0.4, -0.2) is 37.2 Å². The van der Waals surface area contributed by atoms with Crippen LogP contribution in [0.4, 0.5) is 0 Å². The lowest BCUT2D eigenvalue weighted by Crippen LogP contribution is -2.49. The standard InChI is InChI=1S/C19H28N2O2/c22-19(23-17-8-4-5-9-17)18(14-15-6-2-1-3-7-15)21-16-10-12-20-13-11-16/h1-3,6-7,16-18,20-21H,4-5,8-14H2. The summed E-state index contributed by atoms with van der Waals surface area (Å²) in [4.78, 5) is 12.7. The highest BCUT2D eigenvalue weighted by molar-refractivity contribution is 5.76. The summed E-state index contributed by atoms with van der Waals surface area (Å²) in [6.07, 6.45) is 7.40. The predicted molar refractivity (Wildman–Crippen MR) is 91.3 cm³/mol. The summed E-state index contributed by atoms with van der Waals surface area (Å²) in [5, 5.41) is 6.93. The SMILES string of the molecule is O=C(OC1CCCC1)C(Cc1ccccc1)NC1CCNCC1. The summed E-state index contributed by atoms with van der Waals surface area (Å²) >= 11 is 0. The van der Waals surface area contributed by atoms with E-state index in [0.717, 1.165) is 38.8 Å². The second-order valence-corrected chi connectivity index (χ2v) is 6.78. The fourth-order valence-electron chi connectivity index (χ4n) is 3.59. The number of hydrogen-bond donors (Lipinski definition) is 2. The maximum absolute atomic E-state index is 12.7. The van der Waals surface area contributed by atoms with E-state index in [2.05, 4.69) is 22.8 Å². The summed E-state index contributed by atoms with van der Waals surface area (Å²) < 4.78 is 5.77. The molecule has 1 aliphatic heterocycles. The lowest BCUT2D eigenvalue weighted by atomic mass is 10.0. The molecule has 1 heterocycles. The van der Waals surface area contributed by atoms with Gasteiger partial charge in [0.15, 0.2) is 0 Å². The molecule has 2 aliphatic rings. The Hall–Kier alpha value is -1.39. The molecule has 2 N–H and O–H groups in total. The Kier molecular flexibility index (Phi) is 6.06. The lowest BCUT2D eigenvalue weighted by molar-refractivity contribution is -0.151. The third-order valence-corrected chi connectivity index (χ3v) is 4.93. The number of rotatable bonds is 6. The second-order valence-electron chi connectivity index (χ2n) is 6.78. The number of ether oxygens (including phenoxy) is 1. The minimum Gasteiger partial charge on any atom is -0.461 e. The van der Waals surface area contributed by atoms with Crippen molar-refractivity contribution in [2.45, 2.75) is 63.1 Å². The molecule has 0 bridgehead atoms. The van der Waals surface area contributed by atoms with Gasteiger partial charge < -0.3 is 15.4 Å². The number of esters is 1. The summed E-state index contributed by atoms with van der Waals surface area (Å²) in [7, 11) is 0. The molecule has 1 aliphatic carbocycles. The zero-order valence-corrected chi connectivity index (χ0v) is 13.8. The number of carbonyl (C=O) groups is 1. The molecule has 0 amide bonds. The van der Waals surface area contributed by atoms with Crippen LogP contribution < -0.4 is 10.6 Å². The van der Waals surface area contributed by atoms with Crippen LogP contribution in [0.5, 0.6) is 0 Å². The van der Waals surface area contributed by atoms with Gasteiger partial charge in [-0.05, 0) is 63.6 Å². The fourth-order valence-corrected chi connectivity index (χ4v) is 3.59. The van der Waals surface area contributed by atoms with Crippen molar-refractivity contribution in [1.82, 2.24) is 10.6 Å². The van der Waals surface area contributed by atoms with Crippen molar-refractivity contribution in [2.75, 3.05) is 13.1 Å². The Labute approximate surface area is 139 Å². The van der Waals surface area contributed by atoms with Crippen LogP contribution >= 0.6 is 0 Å². The van der Waals surface area contributed by atoms with Crippen molar-refractivity contribution in [1.29, 1.82) is 0 Å². The van der Waals surface area contributed by atoms with Gasteiger partial charge in [0.1, 0.15) is 12.1 Å². The highest BCUT2D eigenvalue weighted by Crippen LogP contribution is 2.22. The quantitative estimate of drug-likeness (QED) is 0.792. The zero-order valence-electron chi connectivity index (χ0n) is 13.8. The first-order valence-corrected chi connectivity index (χ1v) is 9.02. The van der Waals surface area contributed by atoms with E-state index in [0.29, 0.717) is 12.5 Å². The van der Waals surface area contributed by atoms with Crippen LogP contribution in [0.15, 0.2) is 30.3 Å². The van der Waals surface area contributed by atoms with E-state index in [4.69, 9.17) is 4.74 Å². The van der Waals surface area contributed by atoms with Crippen LogP contribution in [0.1, 0.15) is 44.1 Å².